The zero-order valence-corrected chi connectivity index (χ0v) is 7.91. The average Bonchev–Trinajstić information content (AvgIpc) is 2.13. The minimum Gasteiger partial charge on any atom is -0.391 e. The number of aliphatic hydroxyl groups excluding tert-OH is 3. The van der Waals surface area contributed by atoms with Crippen LogP contribution in [0.25, 0.3) is 0 Å². The molecule has 0 fully saturated rings. The monoisotopic (exact) mass is 206 g/mol. The first-order valence-electron chi connectivity index (χ1n) is 4.01. The molecule has 0 rings (SSSR count). The lowest BCUT2D eigenvalue weighted by Gasteiger charge is -2.29. The summed E-state index contributed by atoms with van der Waals surface area (Å²) in [6.45, 7) is 2.05. The van der Waals surface area contributed by atoms with Gasteiger partial charge < -0.3 is 20.4 Å². The lowest BCUT2D eigenvalue weighted by atomic mass is 9.89. The lowest BCUT2D eigenvalue weighted by molar-refractivity contribution is -0.170. The molecule has 6 nitrogen and oxygen atoms in total. The Labute approximate surface area is 80.8 Å². The van der Waals surface area contributed by atoms with E-state index in [9.17, 15) is 19.8 Å². The van der Waals surface area contributed by atoms with E-state index < -0.39 is 29.7 Å². The minimum atomic E-state index is -2.67. The first-order chi connectivity index (χ1) is 6.27. The zero-order chi connectivity index (χ0) is 11.5. The number of carbonyl (C=O) groups is 2. The summed E-state index contributed by atoms with van der Waals surface area (Å²) < 4.78 is 0. The Kier molecular flexibility index (Phi) is 4.34. The van der Waals surface area contributed by atoms with E-state index in [-0.39, 0.29) is 6.29 Å². The highest BCUT2D eigenvalue weighted by Gasteiger charge is 2.45. The van der Waals surface area contributed by atoms with Crippen molar-refractivity contribution >= 4 is 12.1 Å². The quantitative estimate of drug-likeness (QED) is 0.294. The van der Waals surface area contributed by atoms with Crippen molar-refractivity contribution in [3.05, 3.63) is 0 Å². The van der Waals surface area contributed by atoms with Gasteiger partial charge in [-0.25, -0.2) is 0 Å². The van der Waals surface area contributed by atoms with Gasteiger partial charge in [-0.3, -0.25) is 9.59 Å². The maximum absolute atomic E-state index is 10.8. The molecular weight excluding hydrogens is 192 g/mol. The van der Waals surface area contributed by atoms with Crippen LogP contribution in [0.4, 0.5) is 0 Å². The van der Waals surface area contributed by atoms with Crippen molar-refractivity contribution < 1.29 is 30.0 Å². The van der Waals surface area contributed by atoms with Gasteiger partial charge >= 0.3 is 0 Å². The standard InChI is InChI=1S/C8H14O6/c1-4(10)6(12)7(13)8(14,3-9)5(2)11/h3-4,6-7,10,12-14H,1-2H3/t4-,6+,7+,8-/m0/s1. The first-order valence-corrected chi connectivity index (χ1v) is 4.01. The zero-order valence-electron chi connectivity index (χ0n) is 7.91. The maximum Gasteiger partial charge on any atom is 0.206 e. The molecule has 14 heavy (non-hydrogen) atoms. The highest BCUT2D eigenvalue weighted by molar-refractivity contribution is 6.00. The van der Waals surface area contributed by atoms with E-state index in [0.717, 1.165) is 13.8 Å². The Morgan fingerprint density at radius 2 is 1.79 bits per heavy atom. The van der Waals surface area contributed by atoms with E-state index in [1.165, 1.54) is 0 Å². The number of Topliss-reactive ketones (excluding diaryl/α,β-unsaturated/α-hetero) is 1. The normalized spacial score (nSPS) is 21.9. The van der Waals surface area contributed by atoms with E-state index in [0.29, 0.717) is 0 Å². The predicted octanol–water partition coefficient (Wildman–Crippen LogP) is -2.39. The van der Waals surface area contributed by atoms with Crippen molar-refractivity contribution in [2.75, 3.05) is 0 Å². The van der Waals surface area contributed by atoms with Crippen LogP contribution in [0.5, 0.6) is 0 Å². The summed E-state index contributed by atoms with van der Waals surface area (Å²) in [5.41, 5.74) is -2.67. The Balaban J connectivity index is 4.87. The Hall–Kier alpha value is -0.820. The van der Waals surface area contributed by atoms with E-state index >= 15 is 0 Å². The Morgan fingerprint density at radius 3 is 2.00 bits per heavy atom. The average molecular weight is 206 g/mol. The topological polar surface area (TPSA) is 115 Å². The fraction of sp³-hybridized carbons (Fsp3) is 0.750. The smallest absolute Gasteiger partial charge is 0.206 e. The van der Waals surface area contributed by atoms with Gasteiger partial charge in [0.1, 0.15) is 12.2 Å². The fourth-order valence-corrected chi connectivity index (χ4v) is 0.885. The van der Waals surface area contributed by atoms with E-state index in [4.69, 9.17) is 10.2 Å². The van der Waals surface area contributed by atoms with Crippen LogP contribution in [0.1, 0.15) is 13.8 Å². The van der Waals surface area contributed by atoms with Crippen molar-refractivity contribution in [3.63, 3.8) is 0 Å². The van der Waals surface area contributed by atoms with Crippen molar-refractivity contribution in [2.45, 2.75) is 37.8 Å². The van der Waals surface area contributed by atoms with Gasteiger partial charge in [-0.05, 0) is 13.8 Å². The molecule has 0 aliphatic rings. The molecule has 0 bridgehead atoms. The SMILES string of the molecule is CC(=O)[C@@](O)(C=O)[C@H](O)[C@H](O)[C@H](C)O. The maximum atomic E-state index is 10.8. The third-order valence-corrected chi connectivity index (χ3v) is 2.01. The second-order valence-corrected chi connectivity index (χ2v) is 3.18. The summed E-state index contributed by atoms with van der Waals surface area (Å²) >= 11 is 0. The molecule has 0 radical (unpaired) electrons. The molecule has 0 saturated carbocycles. The molecule has 0 aromatic rings. The largest absolute Gasteiger partial charge is 0.391 e. The highest BCUT2D eigenvalue weighted by atomic mass is 16.4. The number of hydrogen-bond acceptors (Lipinski definition) is 6. The molecule has 0 aromatic heterocycles. The highest BCUT2D eigenvalue weighted by Crippen LogP contribution is 2.15. The van der Waals surface area contributed by atoms with E-state index in [2.05, 4.69) is 0 Å². The van der Waals surface area contributed by atoms with Crippen molar-refractivity contribution in [3.8, 4) is 0 Å². The summed E-state index contributed by atoms with van der Waals surface area (Å²) in [6.07, 6.45) is -5.34. The number of aliphatic hydroxyl groups is 4. The van der Waals surface area contributed by atoms with E-state index in [1.54, 1.807) is 0 Å². The molecule has 0 aromatic carbocycles. The Bertz CT molecular complexity index is 226. The minimum absolute atomic E-state index is 0.161. The first kappa shape index (κ1) is 13.2. The summed E-state index contributed by atoms with van der Waals surface area (Å²) in [6, 6.07) is 0. The Morgan fingerprint density at radius 1 is 1.36 bits per heavy atom. The molecule has 0 unspecified atom stereocenters. The van der Waals surface area contributed by atoms with Crippen LogP contribution < -0.4 is 0 Å². The number of rotatable bonds is 5. The molecule has 0 amide bonds. The fourth-order valence-electron chi connectivity index (χ4n) is 0.885. The number of ketones is 1. The van der Waals surface area contributed by atoms with E-state index in [1.807, 2.05) is 0 Å². The number of aldehydes is 1. The second-order valence-electron chi connectivity index (χ2n) is 3.18. The van der Waals surface area contributed by atoms with Crippen LogP contribution in [0.15, 0.2) is 0 Å². The number of hydrogen-bond donors (Lipinski definition) is 4. The molecule has 6 heteroatoms. The van der Waals surface area contributed by atoms with Gasteiger partial charge in [-0.2, -0.15) is 0 Å². The van der Waals surface area contributed by atoms with Gasteiger partial charge in [0.25, 0.3) is 0 Å². The van der Waals surface area contributed by atoms with Gasteiger partial charge in [-0.15, -0.1) is 0 Å². The van der Waals surface area contributed by atoms with Crippen LogP contribution in [0, 0.1) is 0 Å². The van der Waals surface area contributed by atoms with Gasteiger partial charge in [0, 0.05) is 0 Å². The molecule has 0 spiro atoms. The molecule has 82 valence electrons. The van der Waals surface area contributed by atoms with Crippen LogP contribution >= 0.6 is 0 Å². The molecule has 0 heterocycles. The molecule has 4 N–H and O–H groups in total. The summed E-state index contributed by atoms with van der Waals surface area (Å²) in [7, 11) is 0. The summed E-state index contributed by atoms with van der Waals surface area (Å²) in [5, 5.41) is 36.6. The molecule has 0 saturated heterocycles. The third kappa shape index (κ3) is 2.36. The van der Waals surface area contributed by atoms with Gasteiger partial charge in [0.15, 0.2) is 12.1 Å². The van der Waals surface area contributed by atoms with Gasteiger partial charge in [0.05, 0.1) is 6.10 Å². The molecule has 4 atom stereocenters. The van der Waals surface area contributed by atoms with Gasteiger partial charge in [0.2, 0.25) is 5.60 Å². The molecule has 0 aliphatic heterocycles. The van der Waals surface area contributed by atoms with Crippen LogP contribution in [0.3, 0.4) is 0 Å². The van der Waals surface area contributed by atoms with Crippen molar-refractivity contribution in [2.24, 2.45) is 0 Å². The van der Waals surface area contributed by atoms with Crippen LogP contribution in [-0.4, -0.2) is 56.4 Å². The van der Waals surface area contributed by atoms with Crippen LogP contribution in [-0.2, 0) is 9.59 Å². The third-order valence-electron chi connectivity index (χ3n) is 2.01. The molecular formula is C8H14O6. The van der Waals surface area contributed by atoms with Gasteiger partial charge in [-0.1, -0.05) is 0 Å². The predicted molar refractivity (Wildman–Crippen MR) is 45.4 cm³/mol. The molecule has 0 aliphatic carbocycles. The summed E-state index contributed by atoms with van der Waals surface area (Å²) in [4.78, 5) is 21.2. The second kappa shape index (κ2) is 4.61. The van der Waals surface area contributed by atoms with Crippen molar-refractivity contribution in [1.82, 2.24) is 0 Å². The lowest BCUT2D eigenvalue weighted by Crippen LogP contribution is -2.57. The van der Waals surface area contributed by atoms with Crippen LogP contribution in [0.2, 0.25) is 0 Å². The number of carbonyl (C=O) groups excluding carboxylic acids is 2. The van der Waals surface area contributed by atoms with Crippen molar-refractivity contribution in [1.29, 1.82) is 0 Å². The summed E-state index contributed by atoms with van der Waals surface area (Å²) in [5.74, 6) is -1.00.